The van der Waals surface area contributed by atoms with Gasteiger partial charge in [0.25, 0.3) is 0 Å². The lowest BCUT2D eigenvalue weighted by Crippen LogP contribution is -2.41. The van der Waals surface area contributed by atoms with Gasteiger partial charge in [0.05, 0.1) is 0 Å². The van der Waals surface area contributed by atoms with Crippen molar-refractivity contribution < 1.29 is 4.79 Å². The Bertz CT molecular complexity index is 476. The number of nitrogens with two attached hydrogens (primary N) is 1. The maximum atomic E-state index is 12.2. The molecule has 3 rings (SSSR count). The predicted molar refractivity (Wildman–Crippen MR) is 90.6 cm³/mol. The van der Waals surface area contributed by atoms with Crippen molar-refractivity contribution in [3.05, 3.63) is 22.4 Å². The Kier molecular flexibility index (Phi) is 5.50. The van der Waals surface area contributed by atoms with Crippen molar-refractivity contribution in [2.24, 2.45) is 17.6 Å². The van der Waals surface area contributed by atoms with E-state index in [-0.39, 0.29) is 17.9 Å². The van der Waals surface area contributed by atoms with E-state index in [1.807, 2.05) is 11.3 Å². The van der Waals surface area contributed by atoms with E-state index in [0.717, 1.165) is 38.9 Å². The zero-order valence-corrected chi connectivity index (χ0v) is 14.0. The van der Waals surface area contributed by atoms with Gasteiger partial charge in [0.1, 0.15) is 0 Å². The first kappa shape index (κ1) is 16.0. The number of hydrogen-bond acceptors (Lipinski definition) is 4. The molecular weight excluding hydrogens is 294 g/mol. The number of nitrogens with zero attached hydrogens (tertiary/aromatic N) is 1. The van der Waals surface area contributed by atoms with E-state index in [9.17, 15) is 4.79 Å². The van der Waals surface area contributed by atoms with Crippen LogP contribution < -0.4 is 11.1 Å². The first-order valence-electron chi connectivity index (χ1n) is 8.48. The van der Waals surface area contributed by atoms with Gasteiger partial charge >= 0.3 is 0 Å². The Hall–Kier alpha value is -0.910. The van der Waals surface area contributed by atoms with Crippen molar-refractivity contribution in [1.29, 1.82) is 0 Å². The lowest BCUT2D eigenvalue weighted by Gasteiger charge is -2.32. The smallest absolute Gasteiger partial charge is 0.223 e. The summed E-state index contributed by atoms with van der Waals surface area (Å²) in [5.74, 6) is 0.969. The lowest BCUT2D eigenvalue weighted by molar-refractivity contribution is -0.125. The van der Waals surface area contributed by atoms with Gasteiger partial charge in [0.2, 0.25) is 5.91 Å². The molecule has 5 heteroatoms. The highest BCUT2D eigenvalue weighted by Crippen LogP contribution is 2.24. The first-order valence-corrected chi connectivity index (χ1v) is 9.36. The number of nitrogens with one attached hydrogen (secondary N) is 1. The van der Waals surface area contributed by atoms with E-state index < -0.39 is 0 Å². The molecule has 1 saturated heterocycles. The SMILES string of the molecule is NC1CCC(C(=O)NCC2CCCN(Cc3cccs3)C2)C1. The summed E-state index contributed by atoms with van der Waals surface area (Å²) < 4.78 is 0. The average Bonchev–Trinajstić information content (AvgIpc) is 3.17. The molecule has 2 aliphatic rings. The number of hydrogen-bond donors (Lipinski definition) is 2. The fourth-order valence-electron chi connectivity index (χ4n) is 3.73. The molecule has 1 aliphatic carbocycles. The van der Waals surface area contributed by atoms with E-state index in [1.165, 1.54) is 24.3 Å². The molecule has 2 heterocycles. The van der Waals surface area contributed by atoms with Crippen molar-refractivity contribution in [3.63, 3.8) is 0 Å². The zero-order valence-electron chi connectivity index (χ0n) is 13.2. The van der Waals surface area contributed by atoms with Crippen LogP contribution in [0.4, 0.5) is 0 Å². The van der Waals surface area contributed by atoms with E-state index in [4.69, 9.17) is 5.73 Å². The highest BCUT2D eigenvalue weighted by Gasteiger charge is 2.28. The van der Waals surface area contributed by atoms with Gasteiger partial charge in [-0.3, -0.25) is 9.69 Å². The van der Waals surface area contributed by atoms with Gasteiger partial charge in [-0.05, 0) is 56.0 Å². The molecule has 122 valence electrons. The van der Waals surface area contributed by atoms with Crippen LogP contribution in [0.1, 0.15) is 37.0 Å². The number of piperidine rings is 1. The normalized spacial score (nSPS) is 29.6. The van der Waals surface area contributed by atoms with E-state index in [1.54, 1.807) is 0 Å². The van der Waals surface area contributed by atoms with E-state index >= 15 is 0 Å². The second kappa shape index (κ2) is 7.57. The Balaban J connectivity index is 1.41. The molecule has 0 spiro atoms. The van der Waals surface area contributed by atoms with Crippen molar-refractivity contribution in [3.8, 4) is 0 Å². The van der Waals surface area contributed by atoms with Crippen LogP contribution in [0.25, 0.3) is 0 Å². The molecule has 2 fully saturated rings. The largest absolute Gasteiger partial charge is 0.356 e. The van der Waals surface area contributed by atoms with Crippen molar-refractivity contribution >= 4 is 17.2 Å². The van der Waals surface area contributed by atoms with Crippen LogP contribution in [-0.4, -0.2) is 36.5 Å². The van der Waals surface area contributed by atoms with Crippen molar-refractivity contribution in [1.82, 2.24) is 10.2 Å². The summed E-state index contributed by atoms with van der Waals surface area (Å²) in [6.45, 7) is 4.16. The summed E-state index contributed by atoms with van der Waals surface area (Å²) in [6.07, 6.45) is 5.28. The molecule has 4 nitrogen and oxygen atoms in total. The van der Waals surface area contributed by atoms with Gasteiger partial charge in [-0.15, -0.1) is 11.3 Å². The molecule has 3 unspecified atom stereocenters. The number of rotatable bonds is 5. The number of thiophene rings is 1. The highest BCUT2D eigenvalue weighted by molar-refractivity contribution is 7.09. The molecule has 3 N–H and O–H groups in total. The lowest BCUT2D eigenvalue weighted by atomic mass is 9.97. The zero-order chi connectivity index (χ0) is 15.4. The summed E-state index contributed by atoms with van der Waals surface area (Å²) in [5, 5.41) is 5.32. The van der Waals surface area contributed by atoms with Crippen LogP contribution in [0, 0.1) is 11.8 Å². The predicted octanol–water partition coefficient (Wildman–Crippen LogP) is 2.20. The maximum Gasteiger partial charge on any atom is 0.223 e. The number of carbonyl (C=O) groups excluding carboxylic acids is 1. The molecular formula is C17H27N3OS. The van der Waals surface area contributed by atoms with Crippen molar-refractivity contribution in [2.75, 3.05) is 19.6 Å². The van der Waals surface area contributed by atoms with Crippen molar-refractivity contribution in [2.45, 2.75) is 44.7 Å². The third-order valence-corrected chi connectivity index (χ3v) is 5.83. The topological polar surface area (TPSA) is 58.4 Å². The quantitative estimate of drug-likeness (QED) is 0.874. The number of likely N-dealkylation sites (tertiary alicyclic amines) is 1. The van der Waals surface area contributed by atoms with Gasteiger partial charge in [-0.1, -0.05) is 6.07 Å². The van der Waals surface area contributed by atoms with Gasteiger partial charge in [0, 0.05) is 36.5 Å². The standard InChI is InChI=1S/C17H27N3OS/c18-15-6-5-14(9-15)17(21)19-10-13-3-1-7-20(11-13)12-16-4-2-8-22-16/h2,4,8,13-15H,1,3,5-7,9-12,18H2,(H,19,21). The third kappa shape index (κ3) is 4.31. The summed E-state index contributed by atoms with van der Waals surface area (Å²) in [4.78, 5) is 16.2. The molecule has 0 radical (unpaired) electrons. The number of carbonyl (C=O) groups is 1. The van der Waals surface area contributed by atoms with Crippen LogP contribution in [0.3, 0.4) is 0 Å². The fraction of sp³-hybridized carbons (Fsp3) is 0.706. The Morgan fingerprint density at radius 1 is 1.41 bits per heavy atom. The summed E-state index contributed by atoms with van der Waals surface area (Å²) in [5.41, 5.74) is 5.90. The molecule has 1 amide bonds. The van der Waals surface area contributed by atoms with Crippen LogP contribution >= 0.6 is 11.3 Å². The highest BCUT2D eigenvalue weighted by atomic mass is 32.1. The Labute approximate surface area is 137 Å². The molecule has 0 aromatic carbocycles. The second-order valence-electron chi connectivity index (χ2n) is 6.84. The first-order chi connectivity index (χ1) is 10.7. The average molecular weight is 321 g/mol. The summed E-state index contributed by atoms with van der Waals surface area (Å²) in [7, 11) is 0. The minimum atomic E-state index is 0.154. The minimum Gasteiger partial charge on any atom is -0.356 e. The monoisotopic (exact) mass is 321 g/mol. The van der Waals surface area contributed by atoms with E-state index in [0.29, 0.717) is 5.92 Å². The van der Waals surface area contributed by atoms with Gasteiger partial charge in [0.15, 0.2) is 0 Å². The van der Waals surface area contributed by atoms with Gasteiger partial charge < -0.3 is 11.1 Å². The molecule has 22 heavy (non-hydrogen) atoms. The van der Waals surface area contributed by atoms with Crippen LogP contribution in [0.15, 0.2) is 17.5 Å². The van der Waals surface area contributed by atoms with Gasteiger partial charge in [-0.2, -0.15) is 0 Å². The summed E-state index contributed by atoms with van der Waals surface area (Å²) >= 11 is 1.83. The molecule has 0 bridgehead atoms. The van der Waals surface area contributed by atoms with Crippen LogP contribution in [-0.2, 0) is 11.3 Å². The molecule has 1 aromatic heterocycles. The summed E-state index contributed by atoms with van der Waals surface area (Å²) in [6, 6.07) is 4.56. The van der Waals surface area contributed by atoms with Crippen LogP contribution in [0.5, 0.6) is 0 Å². The molecule has 1 aromatic rings. The Morgan fingerprint density at radius 2 is 2.32 bits per heavy atom. The van der Waals surface area contributed by atoms with Gasteiger partial charge in [-0.25, -0.2) is 0 Å². The third-order valence-electron chi connectivity index (χ3n) is 4.97. The molecule has 1 aliphatic heterocycles. The minimum absolute atomic E-state index is 0.154. The number of amides is 1. The fourth-order valence-corrected chi connectivity index (χ4v) is 4.47. The van der Waals surface area contributed by atoms with E-state index in [2.05, 4.69) is 27.7 Å². The second-order valence-corrected chi connectivity index (χ2v) is 7.87. The maximum absolute atomic E-state index is 12.2. The molecule has 3 atom stereocenters. The van der Waals surface area contributed by atoms with Crippen LogP contribution in [0.2, 0.25) is 0 Å². The Morgan fingerprint density at radius 3 is 3.05 bits per heavy atom. The molecule has 1 saturated carbocycles.